The molecule has 114 valence electrons. The van der Waals surface area contributed by atoms with Crippen molar-refractivity contribution >= 4 is 9.84 Å². The van der Waals surface area contributed by atoms with Crippen molar-refractivity contribution in [2.75, 3.05) is 38.3 Å². The molecular formula is C15H19NO4S. The average molecular weight is 309 g/mol. The maximum atomic E-state index is 11.4. The molecule has 1 aromatic carbocycles. The molecule has 1 N–H and O–H groups in total. The zero-order valence-electron chi connectivity index (χ0n) is 12.0. The largest absolute Gasteiger partial charge is 0.495 e. The number of aliphatic hydroxyl groups is 1. The minimum absolute atomic E-state index is 0.197. The molecule has 0 aromatic heterocycles. The Bertz CT molecular complexity index is 644. The molecule has 1 aromatic rings. The van der Waals surface area contributed by atoms with Crippen LogP contribution in [0, 0.1) is 11.8 Å². The van der Waals surface area contributed by atoms with E-state index in [2.05, 4.69) is 16.7 Å². The summed E-state index contributed by atoms with van der Waals surface area (Å²) in [5, 5.41) is 8.79. The number of benzene rings is 1. The van der Waals surface area contributed by atoms with Gasteiger partial charge in [-0.25, -0.2) is 8.42 Å². The molecule has 6 heteroatoms. The van der Waals surface area contributed by atoms with Crippen molar-refractivity contribution in [1.29, 1.82) is 0 Å². The summed E-state index contributed by atoms with van der Waals surface area (Å²) in [6.45, 7) is 1.61. The van der Waals surface area contributed by atoms with Gasteiger partial charge in [-0.15, -0.1) is 0 Å². The topological polar surface area (TPSA) is 66.8 Å². The molecule has 5 nitrogen and oxygen atoms in total. The van der Waals surface area contributed by atoms with Gasteiger partial charge in [0.05, 0.1) is 24.2 Å². The number of rotatable bonds is 3. The van der Waals surface area contributed by atoms with Crippen LogP contribution < -0.4 is 4.74 Å². The fraction of sp³-hybridized carbons (Fsp3) is 0.467. The Morgan fingerprint density at radius 3 is 2.67 bits per heavy atom. The number of sulfone groups is 1. The monoisotopic (exact) mass is 309 g/mol. The number of hydrogen-bond acceptors (Lipinski definition) is 5. The van der Waals surface area contributed by atoms with Gasteiger partial charge in [0.2, 0.25) is 0 Å². The lowest BCUT2D eigenvalue weighted by Crippen LogP contribution is -2.39. The summed E-state index contributed by atoms with van der Waals surface area (Å²) < 4.78 is 28.1. The van der Waals surface area contributed by atoms with Crippen LogP contribution in [0.4, 0.5) is 0 Å². The van der Waals surface area contributed by atoms with Gasteiger partial charge in [-0.3, -0.25) is 4.90 Å². The van der Waals surface area contributed by atoms with Crippen LogP contribution in [0.15, 0.2) is 18.2 Å². The predicted octanol–water partition coefficient (Wildman–Crippen LogP) is 0.269. The second-order valence-corrected chi connectivity index (χ2v) is 7.23. The van der Waals surface area contributed by atoms with E-state index in [4.69, 9.17) is 9.84 Å². The van der Waals surface area contributed by atoms with Crippen molar-refractivity contribution in [3.8, 4) is 17.6 Å². The Morgan fingerprint density at radius 2 is 2.05 bits per heavy atom. The van der Waals surface area contributed by atoms with Crippen molar-refractivity contribution in [2.45, 2.75) is 6.54 Å². The Kier molecular flexibility index (Phi) is 5.23. The Labute approximate surface area is 125 Å². The zero-order valence-corrected chi connectivity index (χ0v) is 12.8. The number of nitrogens with zero attached hydrogens (tertiary/aromatic N) is 1. The van der Waals surface area contributed by atoms with Crippen molar-refractivity contribution in [2.24, 2.45) is 0 Å². The van der Waals surface area contributed by atoms with E-state index in [0.717, 1.165) is 11.1 Å². The predicted molar refractivity (Wildman–Crippen MR) is 80.9 cm³/mol. The highest BCUT2D eigenvalue weighted by Crippen LogP contribution is 2.20. The third kappa shape index (κ3) is 4.46. The van der Waals surface area contributed by atoms with E-state index >= 15 is 0 Å². The highest BCUT2D eigenvalue weighted by Gasteiger charge is 2.21. The first-order valence-electron chi connectivity index (χ1n) is 6.73. The summed E-state index contributed by atoms with van der Waals surface area (Å²) in [4.78, 5) is 2.12. The summed E-state index contributed by atoms with van der Waals surface area (Å²) in [5.41, 5.74) is 1.78. The molecule has 0 radical (unpaired) electrons. The number of ether oxygens (including phenoxy) is 1. The smallest absolute Gasteiger partial charge is 0.152 e. The van der Waals surface area contributed by atoms with Gasteiger partial charge in [0, 0.05) is 19.6 Å². The van der Waals surface area contributed by atoms with Crippen LogP contribution in [-0.4, -0.2) is 56.7 Å². The summed E-state index contributed by atoms with van der Waals surface area (Å²) in [5.74, 6) is 6.59. The lowest BCUT2D eigenvalue weighted by Gasteiger charge is -2.26. The second-order valence-electron chi connectivity index (χ2n) is 4.92. The van der Waals surface area contributed by atoms with E-state index in [1.165, 1.54) is 0 Å². The van der Waals surface area contributed by atoms with E-state index in [0.29, 0.717) is 25.4 Å². The van der Waals surface area contributed by atoms with Gasteiger partial charge in [-0.2, -0.15) is 0 Å². The minimum atomic E-state index is -2.85. The van der Waals surface area contributed by atoms with Crippen LogP contribution in [0.5, 0.6) is 5.75 Å². The fourth-order valence-corrected chi connectivity index (χ4v) is 3.53. The highest BCUT2D eigenvalue weighted by molar-refractivity contribution is 7.91. The third-order valence-electron chi connectivity index (χ3n) is 3.41. The minimum Gasteiger partial charge on any atom is -0.495 e. The zero-order chi connectivity index (χ0) is 15.3. The first-order chi connectivity index (χ1) is 10.0. The lowest BCUT2D eigenvalue weighted by atomic mass is 10.1. The van der Waals surface area contributed by atoms with Crippen LogP contribution in [-0.2, 0) is 16.4 Å². The summed E-state index contributed by atoms with van der Waals surface area (Å²) in [7, 11) is -1.27. The maximum Gasteiger partial charge on any atom is 0.152 e. The molecule has 0 saturated carbocycles. The van der Waals surface area contributed by atoms with E-state index in [9.17, 15) is 8.42 Å². The van der Waals surface area contributed by atoms with Gasteiger partial charge in [-0.05, 0) is 17.7 Å². The molecule has 1 aliphatic rings. The lowest BCUT2D eigenvalue weighted by molar-refractivity contribution is 0.287. The van der Waals surface area contributed by atoms with Gasteiger partial charge < -0.3 is 9.84 Å². The van der Waals surface area contributed by atoms with Gasteiger partial charge in [-0.1, -0.05) is 17.9 Å². The van der Waals surface area contributed by atoms with E-state index in [1.807, 2.05) is 18.2 Å². The standard InChI is InChI=1S/C15H19NO4S/c1-20-15-5-4-13(11-14(15)3-2-8-17)12-16-6-9-21(18,19)10-7-16/h4-5,11,17H,6-10,12H2,1H3. The SMILES string of the molecule is COc1ccc(CN2CCS(=O)(=O)CC2)cc1C#CCO. The Hall–Kier alpha value is -1.55. The molecule has 0 aliphatic carbocycles. The number of methoxy groups -OCH3 is 1. The maximum absolute atomic E-state index is 11.4. The number of hydrogen-bond donors (Lipinski definition) is 1. The molecule has 0 spiro atoms. The Morgan fingerprint density at radius 1 is 1.33 bits per heavy atom. The number of aliphatic hydroxyl groups excluding tert-OH is 1. The first kappa shape index (κ1) is 15.8. The summed E-state index contributed by atoms with van der Waals surface area (Å²) >= 11 is 0. The Balaban J connectivity index is 2.10. The molecule has 1 fully saturated rings. The van der Waals surface area contributed by atoms with Gasteiger partial charge >= 0.3 is 0 Å². The van der Waals surface area contributed by atoms with Crippen LogP contribution >= 0.6 is 0 Å². The molecule has 1 aliphatic heterocycles. The molecular weight excluding hydrogens is 290 g/mol. The normalized spacial score (nSPS) is 17.8. The molecule has 21 heavy (non-hydrogen) atoms. The third-order valence-corrected chi connectivity index (χ3v) is 5.02. The van der Waals surface area contributed by atoms with E-state index < -0.39 is 9.84 Å². The van der Waals surface area contributed by atoms with Crippen molar-refractivity contribution in [3.05, 3.63) is 29.3 Å². The average Bonchev–Trinajstić information content (AvgIpc) is 2.47. The van der Waals surface area contributed by atoms with Crippen LogP contribution in [0.25, 0.3) is 0 Å². The molecule has 0 amide bonds. The molecule has 2 rings (SSSR count). The summed E-state index contributed by atoms with van der Waals surface area (Å²) in [6, 6.07) is 5.72. The van der Waals surface area contributed by atoms with E-state index in [-0.39, 0.29) is 18.1 Å². The van der Waals surface area contributed by atoms with Gasteiger partial charge in [0.15, 0.2) is 9.84 Å². The van der Waals surface area contributed by atoms with Gasteiger partial charge in [0.1, 0.15) is 12.4 Å². The highest BCUT2D eigenvalue weighted by atomic mass is 32.2. The molecule has 0 unspecified atom stereocenters. The quantitative estimate of drug-likeness (QED) is 0.812. The van der Waals surface area contributed by atoms with Crippen LogP contribution in [0.3, 0.4) is 0 Å². The molecule has 1 heterocycles. The van der Waals surface area contributed by atoms with Crippen molar-refractivity contribution in [1.82, 2.24) is 4.90 Å². The molecule has 1 saturated heterocycles. The molecule has 0 atom stereocenters. The second kappa shape index (κ2) is 6.94. The van der Waals surface area contributed by atoms with Crippen LogP contribution in [0.2, 0.25) is 0 Å². The van der Waals surface area contributed by atoms with Gasteiger partial charge in [0.25, 0.3) is 0 Å². The van der Waals surface area contributed by atoms with E-state index in [1.54, 1.807) is 7.11 Å². The van der Waals surface area contributed by atoms with Crippen molar-refractivity contribution in [3.63, 3.8) is 0 Å². The first-order valence-corrected chi connectivity index (χ1v) is 8.55. The summed E-state index contributed by atoms with van der Waals surface area (Å²) in [6.07, 6.45) is 0. The molecule has 0 bridgehead atoms. The van der Waals surface area contributed by atoms with Crippen LogP contribution in [0.1, 0.15) is 11.1 Å². The van der Waals surface area contributed by atoms with Crippen molar-refractivity contribution < 1.29 is 18.3 Å². The fourth-order valence-electron chi connectivity index (χ4n) is 2.25.